The molecule has 0 bridgehead atoms. The first-order valence-electron chi connectivity index (χ1n) is 15.8. The molecule has 3 rings (SSSR count). The highest BCUT2D eigenvalue weighted by molar-refractivity contribution is 6.12. The molecule has 1 heterocycles. The third-order valence-corrected chi connectivity index (χ3v) is 7.71. The fourth-order valence-corrected chi connectivity index (χ4v) is 5.08. The van der Waals surface area contributed by atoms with Gasteiger partial charge in [0, 0.05) is 37.5 Å². The van der Waals surface area contributed by atoms with Crippen LogP contribution in [0.15, 0.2) is 42.5 Å². The maximum Gasteiger partial charge on any atom is 0.325 e. The van der Waals surface area contributed by atoms with E-state index in [4.69, 9.17) is 15.2 Å². The van der Waals surface area contributed by atoms with E-state index in [0.717, 1.165) is 10.5 Å². The lowest BCUT2D eigenvalue weighted by Gasteiger charge is -2.19. The van der Waals surface area contributed by atoms with Gasteiger partial charge in [0.25, 0.3) is 17.7 Å². The Balaban J connectivity index is 1.33. The third-order valence-electron chi connectivity index (χ3n) is 7.71. The zero-order chi connectivity index (χ0) is 34.9. The quantitative estimate of drug-likeness (QED) is 0.0477. The Morgan fingerprint density at radius 2 is 1.58 bits per heavy atom. The molecule has 1 saturated carbocycles. The predicted molar refractivity (Wildman–Crippen MR) is 168 cm³/mol. The Labute approximate surface area is 277 Å². The largest absolute Gasteiger partial charge is 0.454 e. The van der Waals surface area contributed by atoms with Crippen LogP contribution < -0.4 is 27.0 Å². The van der Waals surface area contributed by atoms with E-state index in [0.29, 0.717) is 38.5 Å². The number of amides is 7. The van der Waals surface area contributed by atoms with Crippen molar-refractivity contribution in [2.45, 2.75) is 63.5 Å². The lowest BCUT2D eigenvalue weighted by molar-refractivity contribution is -0.148. The molecule has 3 atom stereocenters. The van der Waals surface area contributed by atoms with Crippen molar-refractivity contribution in [2.24, 2.45) is 11.7 Å². The highest BCUT2D eigenvalue weighted by atomic mass is 16.5. The van der Waals surface area contributed by atoms with Crippen LogP contribution in [-0.4, -0.2) is 97.3 Å². The molecule has 1 aromatic rings. The topological polar surface area (TPSA) is 232 Å². The van der Waals surface area contributed by atoms with Gasteiger partial charge in [-0.3, -0.25) is 43.3 Å². The standard InChI is InChI=1S/C32H42N6O10/c33-31(45)22-10-11-23(16-22)48-20-36-26(40)17-35-32(46)24(15-21-7-3-1-4-8-21)37-27(41)19-47-30(44)18-34-25(39)9-5-2-6-14-38-28(42)12-13-29(38)43/h1,3-4,7-8,12-13,22-24H,2,5-6,9-11,14-20H2,(H2,33,45)(H,34,39)(H,35,46)(H,36,40)(H,37,41)/t22?,23?,24-/m0/s1. The number of ether oxygens (including phenoxy) is 2. The molecule has 0 radical (unpaired) electrons. The first kappa shape index (κ1) is 37.3. The average molecular weight is 671 g/mol. The van der Waals surface area contributed by atoms with Gasteiger partial charge in [-0.05, 0) is 37.7 Å². The summed E-state index contributed by atoms with van der Waals surface area (Å²) in [6, 6.07) is 7.76. The summed E-state index contributed by atoms with van der Waals surface area (Å²) in [5, 5.41) is 9.92. The van der Waals surface area contributed by atoms with Crippen LogP contribution in [0.2, 0.25) is 0 Å². The number of nitrogens with one attached hydrogen (secondary N) is 4. The number of imide groups is 1. The molecule has 16 nitrogen and oxygen atoms in total. The second-order valence-electron chi connectivity index (χ2n) is 11.4. The number of nitrogens with zero attached hydrogens (tertiary/aromatic N) is 1. The molecule has 1 aliphatic carbocycles. The predicted octanol–water partition coefficient (Wildman–Crippen LogP) is -1.28. The number of primary amides is 1. The highest BCUT2D eigenvalue weighted by Crippen LogP contribution is 2.27. The molecule has 1 aliphatic heterocycles. The summed E-state index contributed by atoms with van der Waals surface area (Å²) in [7, 11) is 0. The molecule has 6 N–H and O–H groups in total. The van der Waals surface area contributed by atoms with E-state index in [1.165, 1.54) is 12.2 Å². The van der Waals surface area contributed by atoms with Crippen LogP contribution in [-0.2, 0) is 54.3 Å². The van der Waals surface area contributed by atoms with Gasteiger partial charge in [0.15, 0.2) is 6.61 Å². The summed E-state index contributed by atoms with van der Waals surface area (Å²) in [6.07, 6.45) is 5.81. The smallest absolute Gasteiger partial charge is 0.325 e. The van der Waals surface area contributed by atoms with E-state index in [1.807, 2.05) is 0 Å². The summed E-state index contributed by atoms with van der Waals surface area (Å²) in [5.41, 5.74) is 6.05. The SMILES string of the molecule is NC(=O)C1CCC(OCNC(=O)CNC(=O)[C@H](Cc2ccccc2)NC(=O)COC(=O)CNC(=O)CCCCCN2C(=O)C=CC2=O)C1. The van der Waals surface area contributed by atoms with E-state index in [2.05, 4.69) is 21.3 Å². The summed E-state index contributed by atoms with van der Waals surface area (Å²) in [6.45, 7) is -1.40. The minimum Gasteiger partial charge on any atom is -0.454 e. The van der Waals surface area contributed by atoms with Gasteiger partial charge in [-0.1, -0.05) is 36.8 Å². The molecule has 1 aromatic carbocycles. The first-order chi connectivity index (χ1) is 23.0. The van der Waals surface area contributed by atoms with Crippen molar-refractivity contribution in [1.82, 2.24) is 26.2 Å². The molecular weight excluding hydrogens is 628 g/mol. The Morgan fingerprint density at radius 1 is 0.854 bits per heavy atom. The lowest BCUT2D eigenvalue weighted by Crippen LogP contribution is -2.51. The number of carbonyl (C=O) groups excluding carboxylic acids is 8. The van der Waals surface area contributed by atoms with Crippen molar-refractivity contribution < 1.29 is 47.8 Å². The Morgan fingerprint density at radius 3 is 2.27 bits per heavy atom. The fourth-order valence-electron chi connectivity index (χ4n) is 5.08. The molecule has 0 spiro atoms. The van der Waals surface area contributed by atoms with Crippen molar-refractivity contribution in [3.63, 3.8) is 0 Å². The molecule has 2 aliphatic rings. The van der Waals surface area contributed by atoms with Gasteiger partial charge >= 0.3 is 5.97 Å². The molecule has 0 saturated heterocycles. The van der Waals surface area contributed by atoms with Crippen molar-refractivity contribution >= 4 is 47.3 Å². The van der Waals surface area contributed by atoms with Crippen molar-refractivity contribution in [3.8, 4) is 0 Å². The lowest BCUT2D eigenvalue weighted by atomic mass is 10.1. The Hall–Kier alpha value is -5.12. The van der Waals surface area contributed by atoms with E-state index in [9.17, 15) is 38.4 Å². The van der Waals surface area contributed by atoms with Gasteiger partial charge in [0.2, 0.25) is 23.6 Å². The zero-order valence-electron chi connectivity index (χ0n) is 26.6. The number of rotatable bonds is 20. The van der Waals surface area contributed by atoms with E-state index in [1.54, 1.807) is 30.3 Å². The van der Waals surface area contributed by atoms with Gasteiger partial charge < -0.3 is 36.5 Å². The van der Waals surface area contributed by atoms with Crippen LogP contribution in [0.3, 0.4) is 0 Å². The van der Waals surface area contributed by atoms with Gasteiger partial charge in [-0.2, -0.15) is 0 Å². The first-order valence-corrected chi connectivity index (χ1v) is 15.8. The van der Waals surface area contributed by atoms with Crippen LogP contribution >= 0.6 is 0 Å². The molecule has 2 unspecified atom stereocenters. The van der Waals surface area contributed by atoms with Gasteiger partial charge in [0.05, 0.1) is 12.6 Å². The maximum atomic E-state index is 12.9. The fraction of sp³-hybridized carbons (Fsp3) is 0.500. The average Bonchev–Trinajstić information content (AvgIpc) is 3.67. The van der Waals surface area contributed by atoms with Gasteiger partial charge in [0.1, 0.15) is 19.3 Å². The van der Waals surface area contributed by atoms with Crippen LogP contribution in [0.1, 0.15) is 50.5 Å². The number of esters is 1. The van der Waals surface area contributed by atoms with Crippen LogP contribution in [0.4, 0.5) is 0 Å². The number of hydrogen-bond donors (Lipinski definition) is 5. The van der Waals surface area contributed by atoms with Crippen molar-refractivity contribution in [1.29, 1.82) is 0 Å². The highest BCUT2D eigenvalue weighted by Gasteiger charge is 2.29. The molecular formula is C32H42N6O10. The summed E-state index contributed by atoms with van der Waals surface area (Å²) in [4.78, 5) is 97.4. The Kier molecular flexibility index (Phi) is 15.2. The van der Waals surface area contributed by atoms with E-state index in [-0.39, 0.29) is 62.4 Å². The number of carbonyl (C=O) groups is 8. The summed E-state index contributed by atoms with van der Waals surface area (Å²) < 4.78 is 10.5. The number of unbranched alkanes of at least 4 members (excludes halogenated alkanes) is 2. The monoisotopic (exact) mass is 670 g/mol. The van der Waals surface area contributed by atoms with Crippen molar-refractivity contribution in [3.05, 3.63) is 48.0 Å². The number of nitrogens with two attached hydrogens (primary N) is 1. The van der Waals surface area contributed by atoms with Gasteiger partial charge in [-0.25, -0.2) is 0 Å². The minimum atomic E-state index is -1.09. The normalized spacial score (nSPS) is 17.5. The van der Waals surface area contributed by atoms with Crippen LogP contribution in [0.5, 0.6) is 0 Å². The molecule has 48 heavy (non-hydrogen) atoms. The summed E-state index contributed by atoms with van der Waals surface area (Å²) >= 11 is 0. The van der Waals surface area contributed by atoms with Crippen LogP contribution in [0.25, 0.3) is 0 Å². The number of benzene rings is 1. The zero-order valence-corrected chi connectivity index (χ0v) is 26.6. The van der Waals surface area contributed by atoms with E-state index < -0.39 is 48.8 Å². The number of hydrogen-bond acceptors (Lipinski definition) is 10. The molecule has 0 aromatic heterocycles. The molecule has 7 amide bonds. The van der Waals surface area contributed by atoms with Crippen LogP contribution in [0, 0.1) is 5.92 Å². The summed E-state index contributed by atoms with van der Waals surface area (Å²) in [5.74, 6) is -4.53. The molecule has 16 heteroatoms. The molecule has 260 valence electrons. The van der Waals surface area contributed by atoms with Gasteiger partial charge in [-0.15, -0.1) is 0 Å². The Bertz CT molecular complexity index is 1350. The molecule has 1 fully saturated rings. The minimum absolute atomic E-state index is 0.0946. The maximum absolute atomic E-state index is 12.9. The second kappa shape index (κ2) is 19.5. The van der Waals surface area contributed by atoms with Crippen molar-refractivity contribution in [2.75, 3.05) is 33.0 Å². The third kappa shape index (κ3) is 13.3. The second-order valence-corrected chi connectivity index (χ2v) is 11.4. The van der Waals surface area contributed by atoms with E-state index >= 15 is 0 Å².